The molecule has 0 aliphatic carbocycles. The van der Waals surface area contributed by atoms with Gasteiger partial charge in [0.1, 0.15) is 5.78 Å². The number of fused-ring (bicyclic) bond motifs is 1. The van der Waals surface area contributed by atoms with Crippen LogP contribution >= 0.6 is 0 Å². The van der Waals surface area contributed by atoms with E-state index >= 15 is 0 Å². The highest BCUT2D eigenvalue weighted by molar-refractivity contribution is 6.91. The van der Waals surface area contributed by atoms with E-state index in [2.05, 4.69) is 48.3 Å². The predicted molar refractivity (Wildman–Crippen MR) is 86.1 cm³/mol. The Morgan fingerprint density at radius 3 is 2.55 bits per heavy atom. The molecule has 0 N–H and O–H groups in total. The summed E-state index contributed by atoms with van der Waals surface area (Å²) in [5.41, 5.74) is 0.589. The number of piperidine rings is 2. The van der Waals surface area contributed by atoms with Gasteiger partial charge in [-0.1, -0.05) is 48.6 Å². The maximum absolute atomic E-state index is 12.5. The second-order valence-corrected chi connectivity index (χ2v) is 11.6. The van der Waals surface area contributed by atoms with Crippen LogP contribution in [0.1, 0.15) is 25.7 Å². The summed E-state index contributed by atoms with van der Waals surface area (Å²) in [5, 5.41) is 1.50. The average Bonchev–Trinajstić information content (AvgIpc) is 2.48. The minimum Gasteiger partial charge on any atom is -0.298 e. The fourth-order valence-corrected chi connectivity index (χ4v) is 7.78. The highest BCUT2D eigenvalue weighted by atomic mass is 28.3. The average molecular weight is 287 g/mol. The van der Waals surface area contributed by atoms with E-state index in [0.717, 1.165) is 25.9 Å². The number of carbonyl (C=O) groups is 1. The molecule has 0 spiro atoms. The molecule has 3 heteroatoms. The van der Waals surface area contributed by atoms with Crippen LogP contribution in [0.5, 0.6) is 0 Å². The van der Waals surface area contributed by atoms with Crippen molar-refractivity contribution in [1.29, 1.82) is 0 Å². The lowest BCUT2D eigenvalue weighted by Crippen LogP contribution is -2.60. The first-order valence-corrected chi connectivity index (χ1v) is 11.0. The van der Waals surface area contributed by atoms with Gasteiger partial charge in [-0.05, 0) is 37.9 Å². The second-order valence-electron chi connectivity index (χ2n) is 6.89. The van der Waals surface area contributed by atoms with Gasteiger partial charge in [-0.2, -0.15) is 0 Å². The van der Waals surface area contributed by atoms with E-state index in [9.17, 15) is 4.79 Å². The van der Waals surface area contributed by atoms with Gasteiger partial charge in [0.2, 0.25) is 0 Å². The summed E-state index contributed by atoms with van der Waals surface area (Å²) in [7, 11) is -1.59. The number of nitrogens with zero attached hydrogens (tertiary/aromatic N) is 1. The molecule has 0 unspecified atom stereocenters. The van der Waals surface area contributed by atoms with Crippen molar-refractivity contribution in [2.24, 2.45) is 0 Å². The summed E-state index contributed by atoms with van der Waals surface area (Å²) in [6, 6.07) is 11.2. The van der Waals surface area contributed by atoms with Crippen LogP contribution in [0.2, 0.25) is 18.6 Å². The molecule has 2 aliphatic heterocycles. The normalized spacial score (nSPS) is 28.2. The molecule has 2 aliphatic rings. The summed E-state index contributed by atoms with van der Waals surface area (Å²) < 4.78 is 0. The third kappa shape index (κ3) is 2.38. The molecule has 2 atom stereocenters. The Morgan fingerprint density at radius 1 is 1.10 bits per heavy atom. The third-order valence-electron chi connectivity index (χ3n) is 5.38. The summed E-state index contributed by atoms with van der Waals surface area (Å²) in [5.74, 6) is 0.512. The number of ketones is 1. The zero-order valence-corrected chi connectivity index (χ0v) is 13.6. The zero-order valence-electron chi connectivity index (χ0n) is 12.6. The van der Waals surface area contributed by atoms with Gasteiger partial charge in [0.05, 0.1) is 14.1 Å². The van der Waals surface area contributed by atoms with Crippen LogP contribution in [-0.4, -0.2) is 37.9 Å². The van der Waals surface area contributed by atoms with Crippen LogP contribution in [0.3, 0.4) is 0 Å². The number of carbonyl (C=O) groups excluding carboxylic acids is 1. The van der Waals surface area contributed by atoms with Crippen LogP contribution in [0.15, 0.2) is 30.3 Å². The first kappa shape index (κ1) is 14.0. The van der Waals surface area contributed by atoms with E-state index < -0.39 is 8.07 Å². The van der Waals surface area contributed by atoms with Crippen LogP contribution in [0.25, 0.3) is 0 Å². The maximum Gasteiger partial charge on any atom is 0.150 e. The Balaban J connectivity index is 1.93. The predicted octanol–water partition coefficient (Wildman–Crippen LogP) is 2.80. The number of rotatable bonds is 2. The molecule has 108 valence electrons. The van der Waals surface area contributed by atoms with Crippen molar-refractivity contribution in [3.63, 3.8) is 0 Å². The SMILES string of the molecule is C[Si](C)(c1ccccc1)[C@H]1CCCN2CCCC(=O)[C@H]12. The van der Waals surface area contributed by atoms with Gasteiger partial charge in [-0.25, -0.2) is 0 Å². The molecule has 2 fully saturated rings. The van der Waals surface area contributed by atoms with Gasteiger partial charge >= 0.3 is 0 Å². The molecule has 1 aromatic carbocycles. The van der Waals surface area contributed by atoms with E-state index in [0.29, 0.717) is 11.3 Å². The molecule has 0 saturated carbocycles. The molecule has 0 aromatic heterocycles. The molecular weight excluding hydrogens is 262 g/mol. The zero-order chi connectivity index (χ0) is 14.2. The Kier molecular flexibility index (Phi) is 3.82. The Morgan fingerprint density at radius 2 is 1.80 bits per heavy atom. The van der Waals surface area contributed by atoms with Crippen LogP contribution in [-0.2, 0) is 4.79 Å². The van der Waals surface area contributed by atoms with Crippen molar-refractivity contribution in [2.45, 2.75) is 50.4 Å². The standard InChI is InChI=1S/C17H25NOSi/c1-20(2,14-8-4-3-5-9-14)16-11-7-13-18-12-6-10-15(19)17(16)18/h3-5,8-9,16-17H,6-7,10-13H2,1-2H3/t16-,17+/m0/s1. The fraction of sp³-hybridized carbons (Fsp3) is 0.588. The van der Waals surface area contributed by atoms with Crippen LogP contribution < -0.4 is 5.19 Å². The van der Waals surface area contributed by atoms with Crippen molar-refractivity contribution in [2.75, 3.05) is 13.1 Å². The minimum atomic E-state index is -1.59. The molecule has 2 heterocycles. The molecule has 3 rings (SSSR count). The maximum atomic E-state index is 12.5. The third-order valence-corrected chi connectivity index (χ3v) is 9.66. The Hall–Kier alpha value is -0.933. The molecule has 2 saturated heterocycles. The van der Waals surface area contributed by atoms with Crippen LogP contribution in [0, 0.1) is 0 Å². The highest BCUT2D eigenvalue weighted by Crippen LogP contribution is 2.39. The Labute approximate surface area is 123 Å². The van der Waals surface area contributed by atoms with Crippen molar-refractivity contribution >= 4 is 19.0 Å². The molecule has 1 aromatic rings. The summed E-state index contributed by atoms with van der Waals surface area (Å²) in [6.07, 6.45) is 4.37. The van der Waals surface area contributed by atoms with Gasteiger partial charge in [0, 0.05) is 6.42 Å². The van der Waals surface area contributed by atoms with E-state index in [4.69, 9.17) is 0 Å². The van der Waals surface area contributed by atoms with Gasteiger partial charge in [0.15, 0.2) is 0 Å². The molecule has 2 nitrogen and oxygen atoms in total. The number of Topliss-reactive ketones (excluding diaryl/α,β-unsaturated/α-hetero) is 1. The summed E-state index contributed by atoms with van der Waals surface area (Å²) in [4.78, 5) is 15.0. The summed E-state index contributed by atoms with van der Waals surface area (Å²) in [6.45, 7) is 7.18. The van der Waals surface area contributed by atoms with Crippen molar-refractivity contribution < 1.29 is 4.79 Å². The van der Waals surface area contributed by atoms with E-state index in [1.807, 2.05) is 0 Å². The lowest BCUT2D eigenvalue weighted by atomic mass is 9.91. The highest BCUT2D eigenvalue weighted by Gasteiger charge is 2.46. The topological polar surface area (TPSA) is 20.3 Å². The number of benzene rings is 1. The van der Waals surface area contributed by atoms with Gasteiger partial charge in [0.25, 0.3) is 0 Å². The van der Waals surface area contributed by atoms with Crippen molar-refractivity contribution in [3.8, 4) is 0 Å². The first-order valence-electron chi connectivity index (χ1n) is 7.93. The van der Waals surface area contributed by atoms with E-state index in [-0.39, 0.29) is 6.04 Å². The van der Waals surface area contributed by atoms with Crippen molar-refractivity contribution in [3.05, 3.63) is 30.3 Å². The van der Waals surface area contributed by atoms with Gasteiger partial charge in [-0.3, -0.25) is 9.69 Å². The summed E-state index contributed by atoms with van der Waals surface area (Å²) >= 11 is 0. The van der Waals surface area contributed by atoms with E-state index in [1.165, 1.54) is 18.0 Å². The van der Waals surface area contributed by atoms with Gasteiger partial charge < -0.3 is 0 Å². The monoisotopic (exact) mass is 287 g/mol. The number of hydrogen-bond donors (Lipinski definition) is 0. The first-order chi connectivity index (χ1) is 9.60. The molecular formula is C17H25NOSi. The smallest absolute Gasteiger partial charge is 0.150 e. The van der Waals surface area contributed by atoms with Gasteiger partial charge in [-0.15, -0.1) is 0 Å². The minimum absolute atomic E-state index is 0.222. The lowest BCUT2D eigenvalue weighted by molar-refractivity contribution is -0.128. The Bertz CT molecular complexity index is 483. The fourth-order valence-electron chi connectivity index (χ4n) is 4.19. The lowest BCUT2D eigenvalue weighted by Gasteiger charge is -2.48. The van der Waals surface area contributed by atoms with E-state index in [1.54, 1.807) is 0 Å². The molecule has 0 amide bonds. The molecule has 0 radical (unpaired) electrons. The molecule has 0 bridgehead atoms. The number of hydrogen-bond acceptors (Lipinski definition) is 2. The second kappa shape index (κ2) is 5.45. The largest absolute Gasteiger partial charge is 0.298 e. The quantitative estimate of drug-likeness (QED) is 0.780. The van der Waals surface area contributed by atoms with Crippen LogP contribution in [0.4, 0.5) is 0 Å². The van der Waals surface area contributed by atoms with Crippen molar-refractivity contribution in [1.82, 2.24) is 4.90 Å². The molecule has 20 heavy (non-hydrogen) atoms.